The van der Waals surface area contributed by atoms with Gasteiger partial charge in [-0.3, -0.25) is 4.79 Å². The Hall–Kier alpha value is -2.38. The number of halogens is 2. The molecule has 1 amide bonds. The van der Waals surface area contributed by atoms with Crippen molar-refractivity contribution >= 4 is 38.9 Å². The van der Waals surface area contributed by atoms with Crippen molar-refractivity contribution in [2.24, 2.45) is 0 Å². The lowest BCUT2D eigenvalue weighted by atomic mass is 10.2. The Morgan fingerprint density at radius 2 is 1.89 bits per heavy atom. The minimum absolute atomic E-state index is 0.139. The molecule has 1 N–H and O–H groups in total. The number of amides is 1. The molecule has 0 unspecified atom stereocenters. The van der Waals surface area contributed by atoms with E-state index in [4.69, 9.17) is 9.47 Å². The number of nitrogens with one attached hydrogen (secondary N) is 1. The molecule has 4 nitrogen and oxygen atoms in total. The van der Waals surface area contributed by atoms with E-state index in [-0.39, 0.29) is 11.6 Å². The van der Waals surface area contributed by atoms with Crippen LogP contribution in [-0.2, 0) is 6.61 Å². The van der Waals surface area contributed by atoms with Crippen molar-refractivity contribution in [3.05, 3.63) is 74.6 Å². The Labute approximate surface area is 169 Å². The van der Waals surface area contributed by atoms with Crippen LogP contribution in [0.2, 0.25) is 0 Å². The average Bonchev–Trinajstić information content (AvgIpc) is 3.13. The van der Waals surface area contributed by atoms with Gasteiger partial charge in [-0.2, -0.15) is 0 Å². The molecule has 0 fully saturated rings. The summed E-state index contributed by atoms with van der Waals surface area (Å²) < 4.78 is 25.8. The van der Waals surface area contributed by atoms with E-state index in [0.717, 1.165) is 5.56 Å². The summed E-state index contributed by atoms with van der Waals surface area (Å²) in [6.45, 7) is 2.77. The highest BCUT2D eigenvalue weighted by molar-refractivity contribution is 9.10. The fourth-order valence-electron chi connectivity index (χ4n) is 2.35. The maximum atomic E-state index is 13.9. The van der Waals surface area contributed by atoms with Crippen molar-refractivity contribution < 1.29 is 18.7 Å². The molecule has 3 rings (SSSR count). The summed E-state index contributed by atoms with van der Waals surface area (Å²) in [6, 6.07) is 13.7. The van der Waals surface area contributed by atoms with Crippen LogP contribution in [0, 0.1) is 5.82 Å². The molecule has 3 aromatic rings. The number of rotatable bonds is 7. The number of hydrogen-bond acceptors (Lipinski definition) is 4. The summed E-state index contributed by atoms with van der Waals surface area (Å²) in [6.07, 6.45) is 0. The highest BCUT2D eigenvalue weighted by Crippen LogP contribution is 2.28. The first-order valence-corrected chi connectivity index (χ1v) is 9.92. The molecule has 1 aromatic heterocycles. The second-order valence-corrected chi connectivity index (χ2v) is 7.39. The van der Waals surface area contributed by atoms with Crippen molar-refractivity contribution in [2.75, 3.05) is 11.9 Å². The standard InChI is InChI=1S/C20H17BrFNO3S/c1-2-25-17-5-3-4-6-18(17)26-11-13-9-19(27-12-13)20(24)23-16-8-7-14(21)10-15(16)22/h3-10,12H,2,11H2,1H3,(H,23,24). The van der Waals surface area contributed by atoms with Crippen LogP contribution in [-0.4, -0.2) is 12.5 Å². The highest BCUT2D eigenvalue weighted by atomic mass is 79.9. The van der Waals surface area contributed by atoms with Gasteiger partial charge in [0, 0.05) is 10.0 Å². The lowest BCUT2D eigenvalue weighted by molar-refractivity contribution is 0.103. The Kier molecular flexibility index (Phi) is 6.47. The summed E-state index contributed by atoms with van der Waals surface area (Å²) in [5.74, 6) is 0.472. The van der Waals surface area contributed by atoms with Crippen LogP contribution in [0.4, 0.5) is 10.1 Å². The molecule has 0 saturated heterocycles. The number of benzene rings is 2. The normalized spacial score (nSPS) is 10.5. The van der Waals surface area contributed by atoms with Crippen LogP contribution in [0.25, 0.3) is 0 Å². The SMILES string of the molecule is CCOc1ccccc1OCc1csc(C(=O)Nc2ccc(Br)cc2F)c1. The van der Waals surface area contributed by atoms with Gasteiger partial charge < -0.3 is 14.8 Å². The van der Waals surface area contributed by atoms with E-state index in [0.29, 0.717) is 34.1 Å². The monoisotopic (exact) mass is 449 g/mol. The minimum atomic E-state index is -0.495. The van der Waals surface area contributed by atoms with Crippen LogP contribution >= 0.6 is 27.3 Å². The number of carbonyl (C=O) groups excluding carboxylic acids is 1. The molecule has 7 heteroatoms. The first kappa shape index (κ1) is 19.4. The van der Waals surface area contributed by atoms with Gasteiger partial charge in [0.25, 0.3) is 5.91 Å². The third-order valence-corrected chi connectivity index (χ3v) is 5.07. The molecular weight excluding hydrogens is 433 g/mol. The van der Waals surface area contributed by atoms with Gasteiger partial charge >= 0.3 is 0 Å². The van der Waals surface area contributed by atoms with Crippen LogP contribution in [0.1, 0.15) is 22.2 Å². The smallest absolute Gasteiger partial charge is 0.265 e. The fraction of sp³-hybridized carbons (Fsp3) is 0.150. The first-order valence-electron chi connectivity index (χ1n) is 8.25. The van der Waals surface area contributed by atoms with E-state index in [9.17, 15) is 9.18 Å². The summed E-state index contributed by atoms with van der Waals surface area (Å²) in [7, 11) is 0. The summed E-state index contributed by atoms with van der Waals surface area (Å²) in [5, 5.41) is 4.42. The predicted octanol–water partition coefficient (Wildman–Crippen LogP) is 5.88. The Morgan fingerprint density at radius 1 is 1.15 bits per heavy atom. The summed E-state index contributed by atoms with van der Waals surface area (Å²) in [4.78, 5) is 12.8. The predicted molar refractivity (Wildman–Crippen MR) is 108 cm³/mol. The number of ether oxygens (including phenoxy) is 2. The third kappa shape index (κ3) is 5.08. The van der Waals surface area contributed by atoms with Gasteiger partial charge in [-0.25, -0.2) is 4.39 Å². The molecule has 0 aliphatic rings. The lowest BCUT2D eigenvalue weighted by Gasteiger charge is -2.10. The zero-order valence-electron chi connectivity index (χ0n) is 14.5. The molecule has 0 bridgehead atoms. The second-order valence-electron chi connectivity index (χ2n) is 5.57. The molecule has 0 atom stereocenters. The zero-order chi connectivity index (χ0) is 19.2. The van der Waals surface area contributed by atoms with Gasteiger partial charge in [-0.05, 0) is 48.7 Å². The van der Waals surface area contributed by atoms with Gasteiger partial charge in [-0.1, -0.05) is 28.1 Å². The van der Waals surface area contributed by atoms with E-state index in [1.54, 1.807) is 12.1 Å². The zero-order valence-corrected chi connectivity index (χ0v) is 16.9. The van der Waals surface area contributed by atoms with Crippen LogP contribution in [0.5, 0.6) is 11.5 Å². The van der Waals surface area contributed by atoms with Crippen molar-refractivity contribution in [3.63, 3.8) is 0 Å². The lowest BCUT2D eigenvalue weighted by Crippen LogP contribution is -2.11. The maximum Gasteiger partial charge on any atom is 0.265 e. The molecule has 140 valence electrons. The van der Waals surface area contributed by atoms with Crippen molar-refractivity contribution in [1.29, 1.82) is 0 Å². The van der Waals surface area contributed by atoms with Crippen molar-refractivity contribution in [1.82, 2.24) is 0 Å². The number of anilines is 1. The molecule has 0 radical (unpaired) electrons. The molecule has 2 aromatic carbocycles. The number of hydrogen-bond donors (Lipinski definition) is 1. The first-order chi connectivity index (χ1) is 13.1. The quantitative estimate of drug-likeness (QED) is 0.489. The molecule has 1 heterocycles. The fourth-order valence-corrected chi connectivity index (χ4v) is 3.48. The second kappa shape index (κ2) is 9.01. The summed E-state index contributed by atoms with van der Waals surface area (Å²) >= 11 is 4.47. The molecule has 0 spiro atoms. The number of para-hydroxylation sites is 2. The van der Waals surface area contributed by atoms with Gasteiger partial charge in [0.15, 0.2) is 11.5 Å². The van der Waals surface area contributed by atoms with Gasteiger partial charge in [0.1, 0.15) is 12.4 Å². The molecule has 0 saturated carbocycles. The van der Waals surface area contributed by atoms with Crippen LogP contribution in [0.15, 0.2) is 58.4 Å². The van der Waals surface area contributed by atoms with E-state index in [1.807, 2.05) is 36.6 Å². The Morgan fingerprint density at radius 3 is 2.59 bits per heavy atom. The average molecular weight is 450 g/mol. The Balaban J connectivity index is 1.63. The van der Waals surface area contributed by atoms with E-state index >= 15 is 0 Å². The molecule has 0 aliphatic carbocycles. The van der Waals surface area contributed by atoms with Gasteiger partial charge in [0.2, 0.25) is 0 Å². The van der Waals surface area contributed by atoms with E-state index in [2.05, 4.69) is 21.2 Å². The maximum absolute atomic E-state index is 13.9. The molecular formula is C20H17BrFNO3S. The molecule has 0 aliphatic heterocycles. The van der Waals surface area contributed by atoms with Gasteiger partial charge in [0.05, 0.1) is 17.2 Å². The minimum Gasteiger partial charge on any atom is -0.490 e. The highest BCUT2D eigenvalue weighted by Gasteiger charge is 2.13. The van der Waals surface area contributed by atoms with Gasteiger partial charge in [-0.15, -0.1) is 11.3 Å². The topological polar surface area (TPSA) is 47.6 Å². The van der Waals surface area contributed by atoms with E-state index in [1.165, 1.54) is 23.5 Å². The van der Waals surface area contributed by atoms with E-state index < -0.39 is 5.82 Å². The molecule has 27 heavy (non-hydrogen) atoms. The number of thiophene rings is 1. The largest absolute Gasteiger partial charge is 0.490 e. The summed E-state index contributed by atoms with van der Waals surface area (Å²) in [5.41, 5.74) is 0.993. The van der Waals surface area contributed by atoms with Crippen LogP contribution < -0.4 is 14.8 Å². The number of carbonyl (C=O) groups is 1. The Bertz CT molecular complexity index is 944. The van der Waals surface area contributed by atoms with Crippen molar-refractivity contribution in [2.45, 2.75) is 13.5 Å². The van der Waals surface area contributed by atoms with Crippen LogP contribution in [0.3, 0.4) is 0 Å². The third-order valence-electron chi connectivity index (χ3n) is 3.60. The van der Waals surface area contributed by atoms with Crippen molar-refractivity contribution in [3.8, 4) is 11.5 Å².